The lowest BCUT2D eigenvalue weighted by Gasteiger charge is -2.18. The number of aliphatic hydroxyl groups is 4. The number of nitrogens with zero attached hydrogens (tertiary/aromatic N) is 1. The molecule has 0 amide bonds. The van der Waals surface area contributed by atoms with E-state index < -0.39 is 48.5 Å². The maximum atomic E-state index is 11.8. The predicted octanol–water partition coefficient (Wildman–Crippen LogP) is -2.38. The van der Waals surface area contributed by atoms with Gasteiger partial charge in [0.2, 0.25) is 0 Å². The molecule has 9 nitrogen and oxygen atoms in total. The van der Waals surface area contributed by atoms with Gasteiger partial charge in [0.15, 0.2) is 6.23 Å². The molecule has 1 aliphatic heterocycles. The van der Waals surface area contributed by atoms with Gasteiger partial charge in [-0.1, -0.05) is 22.6 Å². The Bertz CT molecular complexity index is 615. The standard InChI is InChI=1S/C11H15IN2O7/c12-1-5(16)4-2-14(11(20)13-9(4)19)10-8(18)7(17)6(3-15)21-10/h2,5-8,10,15-18H,1,3H2,(H,13,19,20)/t5?,6-,7-,8+,10-/m1/s1. The van der Waals surface area contributed by atoms with Crippen LogP contribution in [-0.2, 0) is 4.74 Å². The van der Waals surface area contributed by atoms with E-state index in [2.05, 4.69) is 0 Å². The monoisotopic (exact) mass is 414 g/mol. The predicted molar refractivity (Wildman–Crippen MR) is 78.2 cm³/mol. The van der Waals surface area contributed by atoms with Crippen molar-refractivity contribution in [2.24, 2.45) is 0 Å². The zero-order valence-electron chi connectivity index (χ0n) is 10.7. The summed E-state index contributed by atoms with van der Waals surface area (Å²) in [6.45, 7) is -0.532. The van der Waals surface area contributed by atoms with Crippen molar-refractivity contribution in [2.45, 2.75) is 30.6 Å². The fraction of sp³-hybridized carbons (Fsp3) is 0.636. The highest BCUT2D eigenvalue weighted by molar-refractivity contribution is 14.1. The van der Waals surface area contributed by atoms with E-state index in [1.54, 1.807) is 0 Å². The minimum Gasteiger partial charge on any atom is -0.394 e. The third-order valence-electron chi connectivity index (χ3n) is 3.29. The van der Waals surface area contributed by atoms with Crippen molar-refractivity contribution in [3.8, 4) is 0 Å². The molecule has 0 bridgehead atoms. The van der Waals surface area contributed by atoms with Crippen LogP contribution < -0.4 is 11.2 Å². The number of alkyl halides is 1. The Labute approximate surface area is 132 Å². The minimum absolute atomic E-state index is 0.0539. The second-order valence-electron chi connectivity index (χ2n) is 4.65. The SMILES string of the molecule is O=c1[nH]c(=O)n([C@@H]2O[C@H](CO)[C@@H](O)[C@@H]2O)cc1C(O)CI. The van der Waals surface area contributed by atoms with Crippen LogP contribution in [0, 0.1) is 0 Å². The fourth-order valence-corrected chi connectivity index (χ4v) is 2.59. The van der Waals surface area contributed by atoms with Gasteiger partial charge in [0.1, 0.15) is 18.3 Å². The summed E-state index contributed by atoms with van der Waals surface area (Å²) in [5.41, 5.74) is -1.63. The molecule has 21 heavy (non-hydrogen) atoms. The van der Waals surface area contributed by atoms with E-state index in [0.717, 1.165) is 10.8 Å². The molecule has 0 aliphatic carbocycles. The van der Waals surface area contributed by atoms with E-state index in [4.69, 9.17) is 9.84 Å². The number of aliphatic hydroxyl groups excluding tert-OH is 4. The van der Waals surface area contributed by atoms with Gasteiger partial charge in [-0.05, 0) is 0 Å². The third kappa shape index (κ3) is 3.05. The van der Waals surface area contributed by atoms with Crippen molar-refractivity contribution in [1.29, 1.82) is 0 Å². The summed E-state index contributed by atoms with van der Waals surface area (Å²) < 4.78 is 6.33. The highest BCUT2D eigenvalue weighted by Crippen LogP contribution is 2.28. The normalized spacial score (nSPS) is 30.5. The molecule has 1 unspecified atom stereocenters. The molecule has 0 radical (unpaired) electrons. The van der Waals surface area contributed by atoms with E-state index in [9.17, 15) is 24.9 Å². The summed E-state index contributed by atoms with van der Waals surface area (Å²) >= 11 is 1.88. The van der Waals surface area contributed by atoms with Crippen molar-refractivity contribution >= 4 is 22.6 Å². The Morgan fingerprint density at radius 1 is 1.38 bits per heavy atom. The molecule has 1 aromatic rings. The summed E-state index contributed by atoms with van der Waals surface area (Å²) in [7, 11) is 0. The number of H-pyrrole nitrogens is 1. The number of hydrogen-bond acceptors (Lipinski definition) is 7. The molecule has 5 N–H and O–H groups in total. The lowest BCUT2D eigenvalue weighted by molar-refractivity contribution is -0.0553. The molecule has 1 fully saturated rings. The Morgan fingerprint density at radius 2 is 2.05 bits per heavy atom. The van der Waals surface area contributed by atoms with Crippen LogP contribution in [0.3, 0.4) is 0 Å². The average molecular weight is 414 g/mol. The van der Waals surface area contributed by atoms with Crippen LogP contribution >= 0.6 is 22.6 Å². The first kappa shape index (κ1) is 16.6. The van der Waals surface area contributed by atoms with Crippen molar-refractivity contribution in [2.75, 3.05) is 11.0 Å². The molecule has 2 rings (SSSR count). The highest BCUT2D eigenvalue weighted by Gasteiger charge is 2.43. The largest absolute Gasteiger partial charge is 0.394 e. The number of aromatic nitrogens is 2. The van der Waals surface area contributed by atoms with Crippen LogP contribution in [-0.4, -0.2) is 59.3 Å². The number of halogens is 1. The van der Waals surface area contributed by atoms with Gasteiger partial charge in [-0.3, -0.25) is 14.3 Å². The minimum atomic E-state index is -1.45. The van der Waals surface area contributed by atoms with Gasteiger partial charge in [-0.25, -0.2) is 4.79 Å². The molecule has 118 valence electrons. The van der Waals surface area contributed by atoms with E-state index in [1.807, 2.05) is 27.6 Å². The summed E-state index contributed by atoms with van der Waals surface area (Å²) in [6.07, 6.45) is -5.11. The third-order valence-corrected chi connectivity index (χ3v) is 4.13. The zero-order valence-corrected chi connectivity index (χ0v) is 12.9. The molecule has 1 saturated heterocycles. The van der Waals surface area contributed by atoms with Gasteiger partial charge in [0.25, 0.3) is 5.56 Å². The molecule has 10 heteroatoms. The number of hydrogen-bond donors (Lipinski definition) is 5. The van der Waals surface area contributed by atoms with Gasteiger partial charge < -0.3 is 25.2 Å². The van der Waals surface area contributed by atoms with Crippen LogP contribution in [0.5, 0.6) is 0 Å². The van der Waals surface area contributed by atoms with Gasteiger partial charge in [0, 0.05) is 10.6 Å². The first-order valence-electron chi connectivity index (χ1n) is 6.12. The second kappa shape index (κ2) is 6.54. The smallest absolute Gasteiger partial charge is 0.330 e. The molecule has 0 aromatic carbocycles. The Kier molecular flexibility index (Phi) is 5.16. The van der Waals surface area contributed by atoms with Crippen molar-refractivity contribution in [1.82, 2.24) is 9.55 Å². The van der Waals surface area contributed by atoms with Crippen molar-refractivity contribution in [3.63, 3.8) is 0 Å². The molecule has 0 spiro atoms. The van der Waals surface area contributed by atoms with E-state index >= 15 is 0 Å². The molecule has 0 saturated carbocycles. The first-order chi connectivity index (χ1) is 9.90. The van der Waals surface area contributed by atoms with Crippen LogP contribution in [0.1, 0.15) is 17.9 Å². The lowest BCUT2D eigenvalue weighted by Crippen LogP contribution is -2.39. The Balaban J connectivity index is 2.45. The maximum Gasteiger partial charge on any atom is 0.330 e. The first-order valence-corrected chi connectivity index (χ1v) is 7.65. The quantitative estimate of drug-likeness (QED) is 0.273. The summed E-state index contributed by atoms with van der Waals surface area (Å²) in [5.74, 6) is 0. The zero-order chi connectivity index (χ0) is 15.7. The highest BCUT2D eigenvalue weighted by atomic mass is 127. The number of ether oxygens (including phenoxy) is 1. The van der Waals surface area contributed by atoms with E-state index in [0.29, 0.717) is 0 Å². The van der Waals surface area contributed by atoms with E-state index in [1.165, 1.54) is 0 Å². The van der Waals surface area contributed by atoms with Crippen LogP contribution in [0.15, 0.2) is 15.8 Å². The molecule has 2 heterocycles. The molecule has 5 atom stereocenters. The fourth-order valence-electron chi connectivity index (χ4n) is 2.12. The van der Waals surface area contributed by atoms with E-state index in [-0.39, 0.29) is 9.99 Å². The molecule has 1 aliphatic rings. The molecular weight excluding hydrogens is 399 g/mol. The average Bonchev–Trinajstić information content (AvgIpc) is 2.74. The van der Waals surface area contributed by atoms with Crippen LogP contribution in [0.2, 0.25) is 0 Å². The number of nitrogens with one attached hydrogen (secondary N) is 1. The maximum absolute atomic E-state index is 11.8. The summed E-state index contributed by atoms with van der Waals surface area (Å²) in [4.78, 5) is 25.5. The summed E-state index contributed by atoms with van der Waals surface area (Å²) in [6, 6.07) is 0. The van der Waals surface area contributed by atoms with Gasteiger partial charge in [-0.15, -0.1) is 0 Å². The second-order valence-corrected chi connectivity index (χ2v) is 5.53. The number of aromatic amines is 1. The van der Waals surface area contributed by atoms with Gasteiger partial charge >= 0.3 is 5.69 Å². The molecule has 1 aromatic heterocycles. The lowest BCUT2D eigenvalue weighted by atomic mass is 10.1. The van der Waals surface area contributed by atoms with Crippen molar-refractivity contribution < 1.29 is 25.2 Å². The Morgan fingerprint density at radius 3 is 2.57 bits per heavy atom. The summed E-state index contributed by atoms with van der Waals surface area (Å²) in [5, 5.41) is 38.4. The number of rotatable bonds is 4. The van der Waals surface area contributed by atoms with Crippen LogP contribution in [0.4, 0.5) is 0 Å². The van der Waals surface area contributed by atoms with Crippen molar-refractivity contribution in [3.05, 3.63) is 32.6 Å². The van der Waals surface area contributed by atoms with Gasteiger partial charge in [-0.2, -0.15) is 0 Å². The molecular formula is C11H15IN2O7. The topological polar surface area (TPSA) is 145 Å². The Hall–Kier alpha value is -0.790. The van der Waals surface area contributed by atoms with Crippen LogP contribution in [0.25, 0.3) is 0 Å². The van der Waals surface area contributed by atoms with Gasteiger partial charge in [0.05, 0.1) is 18.3 Å².